The SMILES string of the molecule is CC(=N)OC(=N)CC(OC(N)=O)c1cccc(-c2cccc(Cl)c2)c1. The zero-order chi connectivity index (χ0) is 18.4. The van der Waals surface area contributed by atoms with Crippen molar-refractivity contribution < 1.29 is 14.3 Å². The third-order valence-corrected chi connectivity index (χ3v) is 3.56. The number of amides is 1. The molecule has 0 fully saturated rings. The predicted molar refractivity (Wildman–Crippen MR) is 97.1 cm³/mol. The van der Waals surface area contributed by atoms with E-state index in [0.29, 0.717) is 10.6 Å². The number of benzene rings is 2. The number of primary amides is 1. The Morgan fingerprint density at radius 2 is 1.80 bits per heavy atom. The number of hydrogen-bond donors (Lipinski definition) is 3. The summed E-state index contributed by atoms with van der Waals surface area (Å²) in [5.74, 6) is -0.303. The lowest BCUT2D eigenvalue weighted by molar-refractivity contribution is 0.108. The standard InChI is InChI=1S/C18H18ClN3O3/c1-11(20)24-17(21)10-16(25-18(22)23)14-6-2-4-12(8-14)13-5-3-7-15(19)9-13/h2-9,16,20-21H,10H2,1H3,(H2,22,23). The van der Waals surface area contributed by atoms with Crippen LogP contribution in [0.3, 0.4) is 0 Å². The van der Waals surface area contributed by atoms with Crippen LogP contribution >= 0.6 is 11.6 Å². The van der Waals surface area contributed by atoms with E-state index in [9.17, 15) is 4.79 Å². The van der Waals surface area contributed by atoms with Crippen LogP contribution < -0.4 is 5.73 Å². The Labute approximate surface area is 150 Å². The second-order valence-electron chi connectivity index (χ2n) is 5.35. The first-order chi connectivity index (χ1) is 11.8. The zero-order valence-corrected chi connectivity index (χ0v) is 14.3. The van der Waals surface area contributed by atoms with Gasteiger partial charge in [0.15, 0.2) is 11.8 Å². The largest absolute Gasteiger partial charge is 0.441 e. The summed E-state index contributed by atoms with van der Waals surface area (Å²) in [5.41, 5.74) is 7.60. The smallest absolute Gasteiger partial charge is 0.405 e. The van der Waals surface area contributed by atoms with Gasteiger partial charge in [-0.1, -0.05) is 41.9 Å². The number of ether oxygens (including phenoxy) is 2. The minimum absolute atomic E-state index is 0.0296. The van der Waals surface area contributed by atoms with Crippen LogP contribution in [0.25, 0.3) is 11.1 Å². The van der Waals surface area contributed by atoms with E-state index in [4.69, 9.17) is 37.6 Å². The molecule has 0 aromatic heterocycles. The van der Waals surface area contributed by atoms with Gasteiger partial charge in [-0.15, -0.1) is 0 Å². The molecule has 2 rings (SSSR count). The zero-order valence-electron chi connectivity index (χ0n) is 13.6. The maximum atomic E-state index is 11.2. The lowest BCUT2D eigenvalue weighted by Crippen LogP contribution is -2.21. The summed E-state index contributed by atoms with van der Waals surface area (Å²) >= 11 is 6.03. The van der Waals surface area contributed by atoms with Gasteiger partial charge >= 0.3 is 6.09 Å². The minimum Gasteiger partial charge on any atom is -0.441 e. The fourth-order valence-electron chi connectivity index (χ4n) is 2.35. The van der Waals surface area contributed by atoms with Crippen molar-refractivity contribution in [2.24, 2.45) is 5.73 Å². The monoisotopic (exact) mass is 359 g/mol. The van der Waals surface area contributed by atoms with Gasteiger partial charge in [0.25, 0.3) is 0 Å². The quantitative estimate of drug-likeness (QED) is 0.539. The van der Waals surface area contributed by atoms with Crippen molar-refractivity contribution in [3.05, 3.63) is 59.1 Å². The lowest BCUT2D eigenvalue weighted by atomic mass is 9.99. The van der Waals surface area contributed by atoms with Gasteiger partial charge in [0.1, 0.15) is 6.10 Å². The minimum atomic E-state index is -0.947. The van der Waals surface area contributed by atoms with Crippen molar-refractivity contribution in [2.45, 2.75) is 19.4 Å². The molecule has 0 saturated heterocycles. The predicted octanol–water partition coefficient (Wildman–Crippen LogP) is 4.52. The lowest BCUT2D eigenvalue weighted by Gasteiger charge is -2.18. The van der Waals surface area contributed by atoms with E-state index in [-0.39, 0.29) is 18.2 Å². The van der Waals surface area contributed by atoms with Crippen molar-refractivity contribution in [1.29, 1.82) is 10.8 Å². The van der Waals surface area contributed by atoms with Crippen molar-refractivity contribution in [1.82, 2.24) is 0 Å². The molecule has 130 valence electrons. The van der Waals surface area contributed by atoms with E-state index >= 15 is 0 Å². The molecule has 0 bridgehead atoms. The number of carbonyl (C=O) groups is 1. The molecule has 1 unspecified atom stereocenters. The molecule has 4 N–H and O–H groups in total. The number of halogens is 1. The van der Waals surface area contributed by atoms with Crippen LogP contribution in [0.5, 0.6) is 0 Å². The van der Waals surface area contributed by atoms with E-state index in [1.165, 1.54) is 6.92 Å². The maximum absolute atomic E-state index is 11.2. The molecule has 25 heavy (non-hydrogen) atoms. The summed E-state index contributed by atoms with van der Waals surface area (Å²) in [7, 11) is 0. The van der Waals surface area contributed by atoms with E-state index < -0.39 is 12.2 Å². The van der Waals surface area contributed by atoms with Crippen LogP contribution in [0, 0.1) is 10.8 Å². The van der Waals surface area contributed by atoms with Gasteiger partial charge in [0, 0.05) is 11.9 Å². The Kier molecular flexibility index (Phi) is 6.14. The molecule has 0 spiro atoms. The van der Waals surface area contributed by atoms with Gasteiger partial charge < -0.3 is 15.2 Å². The fraction of sp³-hybridized carbons (Fsp3) is 0.167. The average Bonchev–Trinajstić information content (AvgIpc) is 2.53. The first kappa shape index (κ1) is 18.5. The van der Waals surface area contributed by atoms with E-state index in [2.05, 4.69) is 0 Å². The second-order valence-corrected chi connectivity index (χ2v) is 5.78. The molecule has 0 aliphatic carbocycles. The highest BCUT2D eigenvalue weighted by Gasteiger charge is 2.19. The molecule has 0 aliphatic heterocycles. The van der Waals surface area contributed by atoms with Crippen molar-refractivity contribution in [2.75, 3.05) is 0 Å². The van der Waals surface area contributed by atoms with Crippen molar-refractivity contribution in [3.63, 3.8) is 0 Å². The molecule has 2 aromatic rings. The molecule has 1 amide bonds. The number of nitrogens with two attached hydrogens (primary N) is 1. The first-order valence-corrected chi connectivity index (χ1v) is 7.85. The van der Waals surface area contributed by atoms with Crippen LogP contribution in [0.2, 0.25) is 5.02 Å². The van der Waals surface area contributed by atoms with E-state index in [1.54, 1.807) is 12.1 Å². The van der Waals surface area contributed by atoms with Crippen LogP contribution in [0.1, 0.15) is 25.0 Å². The van der Waals surface area contributed by atoms with Crippen LogP contribution in [-0.2, 0) is 9.47 Å². The summed E-state index contributed by atoms with van der Waals surface area (Å²) in [5, 5.41) is 15.7. The molecule has 0 saturated carbocycles. The molecule has 7 heteroatoms. The molecule has 0 aliphatic rings. The van der Waals surface area contributed by atoms with Gasteiger partial charge in [-0.2, -0.15) is 0 Å². The molecule has 2 aromatic carbocycles. The van der Waals surface area contributed by atoms with Gasteiger partial charge in [0.2, 0.25) is 0 Å². The average molecular weight is 360 g/mol. The topological polar surface area (TPSA) is 109 Å². The van der Waals surface area contributed by atoms with Crippen molar-refractivity contribution >= 4 is 29.5 Å². The van der Waals surface area contributed by atoms with Gasteiger partial charge in [0.05, 0.1) is 6.42 Å². The summed E-state index contributed by atoms with van der Waals surface area (Å²) < 4.78 is 10.1. The summed E-state index contributed by atoms with van der Waals surface area (Å²) in [6.45, 7) is 1.41. The second kappa shape index (κ2) is 8.30. The highest BCUT2D eigenvalue weighted by atomic mass is 35.5. The third-order valence-electron chi connectivity index (χ3n) is 3.32. The van der Waals surface area contributed by atoms with Crippen LogP contribution in [-0.4, -0.2) is 17.9 Å². The number of carbonyl (C=O) groups excluding carboxylic acids is 1. The molecular formula is C18H18ClN3O3. The van der Waals surface area contributed by atoms with Crippen LogP contribution in [0.4, 0.5) is 4.79 Å². The Morgan fingerprint density at radius 1 is 1.16 bits per heavy atom. The van der Waals surface area contributed by atoms with Crippen LogP contribution in [0.15, 0.2) is 48.5 Å². The molecule has 6 nitrogen and oxygen atoms in total. The Balaban J connectivity index is 2.30. The van der Waals surface area contributed by atoms with E-state index in [0.717, 1.165) is 11.1 Å². The first-order valence-electron chi connectivity index (χ1n) is 7.47. The number of rotatable bonds is 5. The molecule has 0 heterocycles. The Morgan fingerprint density at radius 3 is 2.40 bits per heavy atom. The van der Waals surface area contributed by atoms with Gasteiger partial charge in [-0.05, 0) is 34.9 Å². The van der Waals surface area contributed by atoms with Crippen molar-refractivity contribution in [3.8, 4) is 11.1 Å². The summed E-state index contributed by atoms with van der Waals surface area (Å²) in [6, 6.07) is 14.7. The fourth-order valence-corrected chi connectivity index (χ4v) is 2.54. The van der Waals surface area contributed by atoms with Gasteiger partial charge in [-0.3, -0.25) is 10.8 Å². The highest BCUT2D eigenvalue weighted by molar-refractivity contribution is 6.30. The Hall–Kier alpha value is -2.86. The summed E-state index contributed by atoms with van der Waals surface area (Å²) in [4.78, 5) is 11.2. The summed E-state index contributed by atoms with van der Waals surface area (Å²) in [6.07, 6.45) is -1.76. The molecule has 1 atom stereocenters. The van der Waals surface area contributed by atoms with Gasteiger partial charge in [-0.25, -0.2) is 4.79 Å². The Bertz CT molecular complexity index is 808. The molecular weight excluding hydrogens is 342 g/mol. The maximum Gasteiger partial charge on any atom is 0.405 e. The third kappa shape index (κ3) is 5.61. The normalized spacial score (nSPS) is 11.4. The highest BCUT2D eigenvalue weighted by Crippen LogP contribution is 2.28. The number of hydrogen-bond acceptors (Lipinski definition) is 5. The molecule has 0 radical (unpaired) electrons. The van der Waals surface area contributed by atoms with E-state index in [1.807, 2.05) is 36.4 Å². The number of nitrogens with one attached hydrogen (secondary N) is 2.